The zero-order valence-electron chi connectivity index (χ0n) is 11.1. The maximum Gasteiger partial charge on any atom is 0.214 e. The van der Waals surface area contributed by atoms with Gasteiger partial charge in [0, 0.05) is 24.2 Å². The molecule has 0 amide bonds. The fraction of sp³-hybridized carbons (Fsp3) is 0.429. The predicted molar refractivity (Wildman–Crippen MR) is 75.8 cm³/mol. The number of hydrogen-bond donors (Lipinski definition) is 1. The van der Waals surface area contributed by atoms with Crippen LogP contribution in [0.15, 0.2) is 18.2 Å². The summed E-state index contributed by atoms with van der Waals surface area (Å²) in [6, 6.07) is 4.46. The van der Waals surface area contributed by atoms with Gasteiger partial charge in [-0.1, -0.05) is 11.8 Å². The van der Waals surface area contributed by atoms with Gasteiger partial charge in [0.15, 0.2) is 0 Å². The van der Waals surface area contributed by atoms with Crippen molar-refractivity contribution in [1.29, 1.82) is 0 Å². The van der Waals surface area contributed by atoms with Gasteiger partial charge >= 0.3 is 0 Å². The predicted octanol–water partition coefficient (Wildman–Crippen LogP) is 1.06. The quantitative estimate of drug-likeness (QED) is 0.830. The third kappa shape index (κ3) is 3.57. The van der Waals surface area contributed by atoms with Crippen molar-refractivity contribution in [2.45, 2.75) is 19.4 Å². The number of benzene rings is 1. The van der Waals surface area contributed by atoms with Crippen molar-refractivity contribution in [3.05, 3.63) is 35.1 Å². The number of rotatable bonds is 2. The Labute approximate surface area is 118 Å². The molecule has 4 nitrogen and oxygen atoms in total. The van der Waals surface area contributed by atoms with E-state index in [1.165, 1.54) is 10.4 Å². The van der Waals surface area contributed by atoms with Crippen molar-refractivity contribution >= 4 is 10.0 Å². The molecule has 0 aliphatic carbocycles. The van der Waals surface area contributed by atoms with Gasteiger partial charge in [-0.3, -0.25) is 0 Å². The van der Waals surface area contributed by atoms with Crippen molar-refractivity contribution in [2.24, 2.45) is 5.73 Å². The maximum absolute atomic E-state index is 13.8. The summed E-state index contributed by atoms with van der Waals surface area (Å²) in [6.45, 7) is 0.736. The van der Waals surface area contributed by atoms with Crippen molar-refractivity contribution < 1.29 is 12.8 Å². The first kappa shape index (κ1) is 15.0. The average molecular weight is 296 g/mol. The largest absolute Gasteiger partial charge is 0.320 e. The fourth-order valence-corrected chi connectivity index (χ4v) is 3.71. The molecule has 0 aromatic heterocycles. The van der Waals surface area contributed by atoms with E-state index in [0.717, 1.165) is 6.42 Å². The van der Waals surface area contributed by atoms with E-state index >= 15 is 0 Å². The summed E-state index contributed by atoms with van der Waals surface area (Å²) >= 11 is 0. The number of sulfonamides is 1. The number of nitrogens with two attached hydrogens (primary N) is 1. The lowest BCUT2D eigenvalue weighted by Gasteiger charge is -2.26. The molecule has 1 heterocycles. The van der Waals surface area contributed by atoms with E-state index in [1.54, 1.807) is 12.1 Å². The molecule has 1 saturated heterocycles. The zero-order chi connectivity index (χ0) is 14.6. The molecule has 0 unspecified atom stereocenters. The topological polar surface area (TPSA) is 63.4 Å². The van der Waals surface area contributed by atoms with Gasteiger partial charge in [-0.2, -0.15) is 4.31 Å². The molecule has 108 valence electrons. The van der Waals surface area contributed by atoms with Gasteiger partial charge in [0.25, 0.3) is 0 Å². The highest BCUT2D eigenvalue weighted by Gasteiger charge is 2.26. The summed E-state index contributed by atoms with van der Waals surface area (Å²) in [5, 5.41) is 0. The van der Waals surface area contributed by atoms with Crippen LogP contribution in [0.1, 0.15) is 24.0 Å². The summed E-state index contributed by atoms with van der Waals surface area (Å²) in [5.41, 5.74) is 6.28. The zero-order valence-corrected chi connectivity index (χ0v) is 11.9. The molecule has 0 radical (unpaired) electrons. The number of hydrogen-bond acceptors (Lipinski definition) is 3. The smallest absolute Gasteiger partial charge is 0.214 e. The second kappa shape index (κ2) is 6.35. The molecular formula is C14H17FN2O2S. The van der Waals surface area contributed by atoms with E-state index in [9.17, 15) is 12.8 Å². The lowest BCUT2D eigenvalue weighted by molar-refractivity contribution is 0.373. The van der Waals surface area contributed by atoms with Crippen LogP contribution in [0.4, 0.5) is 4.39 Å². The molecule has 6 heteroatoms. The van der Waals surface area contributed by atoms with Crippen LogP contribution in [0, 0.1) is 17.7 Å². The summed E-state index contributed by atoms with van der Waals surface area (Å²) in [7, 11) is -3.26. The molecule has 1 fully saturated rings. The number of halogens is 1. The lowest BCUT2D eigenvalue weighted by atomic mass is 10.1. The first-order chi connectivity index (χ1) is 9.53. The van der Waals surface area contributed by atoms with Gasteiger partial charge in [0.1, 0.15) is 5.82 Å². The van der Waals surface area contributed by atoms with Crippen molar-refractivity contribution in [3.8, 4) is 11.8 Å². The molecule has 0 spiro atoms. The van der Waals surface area contributed by atoms with Crippen molar-refractivity contribution in [1.82, 2.24) is 4.31 Å². The van der Waals surface area contributed by atoms with Gasteiger partial charge in [0.2, 0.25) is 10.0 Å². The van der Waals surface area contributed by atoms with Crippen LogP contribution in [0.3, 0.4) is 0 Å². The van der Waals surface area contributed by atoms with E-state index in [-0.39, 0.29) is 18.8 Å². The van der Waals surface area contributed by atoms with Gasteiger partial charge in [-0.25, -0.2) is 12.8 Å². The summed E-state index contributed by atoms with van der Waals surface area (Å²) in [6.07, 6.45) is 1.48. The first-order valence-corrected chi connectivity index (χ1v) is 8.09. The molecule has 0 atom stereocenters. The van der Waals surface area contributed by atoms with Crippen LogP contribution < -0.4 is 5.73 Å². The van der Waals surface area contributed by atoms with E-state index in [0.29, 0.717) is 24.1 Å². The van der Waals surface area contributed by atoms with Crippen LogP contribution in [0.2, 0.25) is 0 Å². The molecule has 0 saturated carbocycles. The Morgan fingerprint density at radius 3 is 2.85 bits per heavy atom. The second-order valence-corrected chi connectivity index (χ2v) is 6.76. The molecule has 0 bridgehead atoms. The fourth-order valence-electron chi connectivity index (χ4n) is 2.13. The minimum atomic E-state index is -3.26. The first-order valence-electron chi connectivity index (χ1n) is 6.48. The average Bonchev–Trinajstić information content (AvgIpc) is 2.41. The van der Waals surface area contributed by atoms with Crippen LogP contribution in [-0.2, 0) is 16.6 Å². The standard InChI is InChI=1S/C14H17FN2O2S/c15-14-6-5-12(4-3-7-16)10-13(14)11-17-8-1-2-9-20(17,18)19/h5-6,10H,1-2,7-9,11,16H2. The van der Waals surface area contributed by atoms with Gasteiger partial charge in [-0.05, 0) is 31.0 Å². The van der Waals surface area contributed by atoms with E-state index in [2.05, 4.69) is 11.8 Å². The molecule has 1 aliphatic heterocycles. The minimum Gasteiger partial charge on any atom is -0.320 e. The monoisotopic (exact) mass is 296 g/mol. The van der Waals surface area contributed by atoms with Crippen molar-refractivity contribution in [3.63, 3.8) is 0 Å². The van der Waals surface area contributed by atoms with Crippen LogP contribution in [0.5, 0.6) is 0 Å². The second-order valence-electron chi connectivity index (χ2n) is 4.67. The van der Waals surface area contributed by atoms with Crippen LogP contribution >= 0.6 is 0 Å². The maximum atomic E-state index is 13.8. The van der Waals surface area contributed by atoms with E-state index < -0.39 is 15.8 Å². The Hall–Kier alpha value is -1.42. The minimum absolute atomic E-state index is 0.0618. The highest BCUT2D eigenvalue weighted by Crippen LogP contribution is 2.19. The van der Waals surface area contributed by atoms with Crippen LogP contribution in [0.25, 0.3) is 0 Å². The molecule has 2 rings (SSSR count). The van der Waals surface area contributed by atoms with Gasteiger partial charge in [-0.15, -0.1) is 0 Å². The SMILES string of the molecule is NCC#Cc1ccc(F)c(CN2CCCCS2(=O)=O)c1. The molecule has 2 N–H and O–H groups in total. The normalized spacial score (nSPS) is 18.3. The Kier molecular flexibility index (Phi) is 4.76. The Morgan fingerprint density at radius 2 is 2.15 bits per heavy atom. The van der Waals surface area contributed by atoms with E-state index in [1.807, 2.05) is 0 Å². The molecular weight excluding hydrogens is 279 g/mol. The third-order valence-corrected chi connectivity index (χ3v) is 5.08. The summed E-state index contributed by atoms with van der Waals surface area (Å²) < 4.78 is 39.0. The van der Waals surface area contributed by atoms with E-state index in [4.69, 9.17) is 5.73 Å². The highest BCUT2D eigenvalue weighted by molar-refractivity contribution is 7.89. The molecule has 1 aromatic carbocycles. The Balaban J connectivity index is 2.24. The van der Waals surface area contributed by atoms with Gasteiger partial charge in [0.05, 0.1) is 12.3 Å². The molecule has 1 aliphatic rings. The van der Waals surface area contributed by atoms with Gasteiger partial charge < -0.3 is 5.73 Å². The molecule has 20 heavy (non-hydrogen) atoms. The van der Waals surface area contributed by atoms with Crippen LogP contribution in [-0.4, -0.2) is 31.6 Å². The van der Waals surface area contributed by atoms with Crippen molar-refractivity contribution in [2.75, 3.05) is 18.8 Å². The number of nitrogens with zero attached hydrogens (tertiary/aromatic N) is 1. The Bertz CT molecular complexity index is 647. The third-order valence-electron chi connectivity index (χ3n) is 3.18. The summed E-state index contributed by atoms with van der Waals surface area (Å²) in [4.78, 5) is 0. The lowest BCUT2D eigenvalue weighted by Crippen LogP contribution is -2.37. The summed E-state index contributed by atoms with van der Waals surface area (Å²) in [5.74, 6) is 5.24. The molecule has 1 aromatic rings. The highest BCUT2D eigenvalue weighted by atomic mass is 32.2. The Morgan fingerprint density at radius 1 is 1.35 bits per heavy atom.